The zero-order chi connectivity index (χ0) is 10.8. The molecule has 0 radical (unpaired) electrons. The van der Waals surface area contributed by atoms with Crippen molar-refractivity contribution in [3.8, 4) is 0 Å². The predicted octanol–water partition coefficient (Wildman–Crippen LogP) is 2.33. The number of carbonyl (C=O) groups is 1. The molecule has 0 aromatic carbocycles. The van der Waals surface area contributed by atoms with Crippen LogP contribution in [0.25, 0.3) is 0 Å². The molecule has 0 spiro atoms. The first-order valence-electron chi connectivity index (χ1n) is 5.64. The second-order valence-corrected chi connectivity index (χ2v) is 4.50. The van der Waals surface area contributed by atoms with Crippen molar-refractivity contribution in [1.82, 2.24) is 15.0 Å². The molecule has 0 saturated heterocycles. The molecule has 1 aromatic heterocycles. The average molecular weight is 207 g/mol. The van der Waals surface area contributed by atoms with E-state index in [-0.39, 0.29) is 6.04 Å². The zero-order valence-electron chi connectivity index (χ0n) is 9.31. The molecule has 0 amide bonds. The fraction of sp³-hybridized carbons (Fsp3) is 0.727. The summed E-state index contributed by atoms with van der Waals surface area (Å²) in [5, 5.41) is 8.24. The van der Waals surface area contributed by atoms with Gasteiger partial charge in [0.25, 0.3) is 0 Å². The van der Waals surface area contributed by atoms with E-state index in [0.717, 1.165) is 24.8 Å². The molecule has 0 aliphatic heterocycles. The van der Waals surface area contributed by atoms with Gasteiger partial charge in [0.15, 0.2) is 6.29 Å². The van der Waals surface area contributed by atoms with Crippen LogP contribution in [-0.2, 0) is 0 Å². The molecule has 1 saturated carbocycles. The van der Waals surface area contributed by atoms with Gasteiger partial charge in [0, 0.05) is 12.0 Å². The van der Waals surface area contributed by atoms with Crippen LogP contribution in [0.3, 0.4) is 0 Å². The first-order chi connectivity index (χ1) is 7.24. The van der Waals surface area contributed by atoms with E-state index in [9.17, 15) is 4.79 Å². The topological polar surface area (TPSA) is 47.8 Å². The summed E-state index contributed by atoms with van der Waals surface area (Å²) < 4.78 is 1.72. The van der Waals surface area contributed by atoms with Crippen LogP contribution >= 0.6 is 0 Å². The van der Waals surface area contributed by atoms with Gasteiger partial charge in [-0.1, -0.05) is 18.1 Å². The summed E-state index contributed by atoms with van der Waals surface area (Å²) in [5.41, 5.74) is 1.59. The van der Waals surface area contributed by atoms with Gasteiger partial charge >= 0.3 is 0 Å². The molecule has 1 aliphatic carbocycles. The monoisotopic (exact) mass is 207 g/mol. The maximum Gasteiger partial charge on any atom is 0.170 e. The number of hydrogen-bond acceptors (Lipinski definition) is 3. The number of rotatable bonds is 3. The first-order valence-corrected chi connectivity index (χ1v) is 5.64. The zero-order valence-corrected chi connectivity index (χ0v) is 9.31. The Morgan fingerprint density at radius 2 is 2.07 bits per heavy atom. The van der Waals surface area contributed by atoms with Crippen molar-refractivity contribution >= 4 is 6.29 Å². The summed E-state index contributed by atoms with van der Waals surface area (Å²) in [7, 11) is 0. The van der Waals surface area contributed by atoms with Crippen LogP contribution in [0.5, 0.6) is 0 Å². The van der Waals surface area contributed by atoms with Crippen molar-refractivity contribution in [1.29, 1.82) is 0 Å². The number of hydrogen-bond donors (Lipinski definition) is 0. The fourth-order valence-corrected chi connectivity index (χ4v) is 2.30. The van der Waals surface area contributed by atoms with E-state index in [4.69, 9.17) is 0 Å². The van der Waals surface area contributed by atoms with Crippen molar-refractivity contribution in [2.75, 3.05) is 0 Å². The summed E-state index contributed by atoms with van der Waals surface area (Å²) in [5.74, 6) is 0.456. The van der Waals surface area contributed by atoms with E-state index in [0.29, 0.717) is 11.6 Å². The van der Waals surface area contributed by atoms with Gasteiger partial charge in [-0.15, -0.1) is 5.10 Å². The van der Waals surface area contributed by atoms with Crippen LogP contribution in [-0.4, -0.2) is 21.3 Å². The molecule has 4 nitrogen and oxygen atoms in total. The van der Waals surface area contributed by atoms with Gasteiger partial charge < -0.3 is 0 Å². The lowest BCUT2D eigenvalue weighted by Crippen LogP contribution is -2.08. The third-order valence-corrected chi connectivity index (χ3v) is 3.10. The van der Waals surface area contributed by atoms with Gasteiger partial charge in [-0.25, -0.2) is 4.68 Å². The predicted molar refractivity (Wildman–Crippen MR) is 57.0 cm³/mol. The lowest BCUT2D eigenvalue weighted by Gasteiger charge is -2.08. The molecule has 1 fully saturated rings. The molecule has 0 bridgehead atoms. The van der Waals surface area contributed by atoms with E-state index in [1.54, 1.807) is 4.68 Å². The second kappa shape index (κ2) is 4.13. The molecule has 4 heteroatoms. The summed E-state index contributed by atoms with van der Waals surface area (Å²) in [6.07, 6.45) is 5.69. The molecular formula is C11H17N3O. The minimum atomic E-state index is 0.202. The Labute approximate surface area is 89.7 Å². The molecule has 82 valence electrons. The normalized spacial score (nSPS) is 17.5. The standard InChI is InChI=1S/C11H17N3O/c1-8(2)14-10(7-15)11(12-13-14)9-5-3-4-6-9/h7-9H,3-6H2,1-2H3. The highest BCUT2D eigenvalue weighted by atomic mass is 16.1. The van der Waals surface area contributed by atoms with Crippen molar-refractivity contribution in [2.24, 2.45) is 0 Å². The van der Waals surface area contributed by atoms with Crippen molar-refractivity contribution in [3.05, 3.63) is 11.4 Å². The largest absolute Gasteiger partial charge is 0.296 e. The van der Waals surface area contributed by atoms with Gasteiger partial charge in [0.2, 0.25) is 0 Å². The van der Waals surface area contributed by atoms with E-state index in [1.165, 1.54) is 12.8 Å². The van der Waals surface area contributed by atoms with Gasteiger partial charge in [-0.2, -0.15) is 0 Å². The van der Waals surface area contributed by atoms with Crippen molar-refractivity contribution in [2.45, 2.75) is 51.5 Å². The summed E-state index contributed by atoms with van der Waals surface area (Å²) >= 11 is 0. The molecule has 1 aliphatic rings. The highest BCUT2D eigenvalue weighted by Crippen LogP contribution is 2.34. The average Bonchev–Trinajstić information content (AvgIpc) is 2.85. The van der Waals surface area contributed by atoms with Gasteiger partial charge in [0.05, 0.1) is 5.69 Å². The highest BCUT2D eigenvalue weighted by Gasteiger charge is 2.25. The molecule has 2 rings (SSSR count). The van der Waals surface area contributed by atoms with Crippen LogP contribution in [0.1, 0.15) is 67.7 Å². The van der Waals surface area contributed by atoms with E-state index < -0.39 is 0 Å². The Morgan fingerprint density at radius 1 is 1.40 bits per heavy atom. The Hall–Kier alpha value is -1.19. The molecular weight excluding hydrogens is 190 g/mol. The minimum Gasteiger partial charge on any atom is -0.296 e. The molecule has 0 unspecified atom stereocenters. The summed E-state index contributed by atoms with van der Waals surface area (Å²) in [6, 6.07) is 0.202. The molecule has 0 N–H and O–H groups in total. The first kappa shape index (κ1) is 10.3. The van der Waals surface area contributed by atoms with Gasteiger partial charge in [-0.05, 0) is 26.7 Å². The number of aldehydes is 1. The Balaban J connectivity index is 2.34. The Morgan fingerprint density at radius 3 is 2.60 bits per heavy atom. The summed E-state index contributed by atoms with van der Waals surface area (Å²) in [4.78, 5) is 11.1. The minimum absolute atomic E-state index is 0.202. The van der Waals surface area contributed by atoms with Crippen LogP contribution < -0.4 is 0 Å². The van der Waals surface area contributed by atoms with Crippen LogP contribution in [0, 0.1) is 0 Å². The molecule has 1 aromatic rings. The van der Waals surface area contributed by atoms with Crippen molar-refractivity contribution < 1.29 is 4.79 Å². The van der Waals surface area contributed by atoms with E-state index >= 15 is 0 Å². The molecule has 15 heavy (non-hydrogen) atoms. The van der Waals surface area contributed by atoms with Crippen molar-refractivity contribution in [3.63, 3.8) is 0 Å². The van der Waals surface area contributed by atoms with Gasteiger partial charge in [-0.3, -0.25) is 4.79 Å². The quantitative estimate of drug-likeness (QED) is 0.715. The molecule has 0 atom stereocenters. The van der Waals surface area contributed by atoms with E-state index in [2.05, 4.69) is 10.3 Å². The van der Waals surface area contributed by atoms with Crippen LogP contribution in [0.15, 0.2) is 0 Å². The third-order valence-electron chi connectivity index (χ3n) is 3.10. The SMILES string of the molecule is CC(C)n1nnc(C2CCCC2)c1C=O. The highest BCUT2D eigenvalue weighted by molar-refractivity contribution is 5.74. The Bertz CT molecular complexity index is 351. The van der Waals surface area contributed by atoms with Crippen LogP contribution in [0.2, 0.25) is 0 Å². The summed E-state index contributed by atoms with van der Waals surface area (Å²) in [6.45, 7) is 4.03. The number of carbonyl (C=O) groups excluding carboxylic acids is 1. The maximum absolute atomic E-state index is 11.1. The van der Waals surface area contributed by atoms with Gasteiger partial charge in [0.1, 0.15) is 5.69 Å². The molecule has 1 heterocycles. The fourth-order valence-electron chi connectivity index (χ4n) is 2.30. The Kier molecular flexibility index (Phi) is 2.84. The smallest absolute Gasteiger partial charge is 0.170 e. The van der Waals surface area contributed by atoms with Crippen LogP contribution in [0.4, 0.5) is 0 Å². The third kappa shape index (κ3) is 1.80. The lowest BCUT2D eigenvalue weighted by molar-refractivity contribution is 0.111. The second-order valence-electron chi connectivity index (χ2n) is 4.50. The number of nitrogens with zero attached hydrogens (tertiary/aromatic N) is 3. The lowest BCUT2D eigenvalue weighted by atomic mass is 10.0. The maximum atomic E-state index is 11.1. The van der Waals surface area contributed by atoms with E-state index in [1.807, 2.05) is 13.8 Å². The number of aromatic nitrogens is 3.